The number of thiophene rings is 1. The van der Waals surface area contributed by atoms with Crippen molar-refractivity contribution in [3.05, 3.63) is 46.0 Å². The number of anilines is 1. The summed E-state index contributed by atoms with van der Waals surface area (Å²) in [6.07, 6.45) is 1.04. The molecule has 2 rings (SSSR count). The number of nitrogens with zero attached hydrogens (tertiary/aromatic N) is 2. The van der Waals surface area contributed by atoms with E-state index in [1.807, 2.05) is 12.1 Å². The van der Waals surface area contributed by atoms with Gasteiger partial charge >= 0.3 is 5.69 Å². The number of sulfone groups is 1. The summed E-state index contributed by atoms with van der Waals surface area (Å²) in [5.74, 6) is 0.720. The van der Waals surface area contributed by atoms with Crippen molar-refractivity contribution in [3.8, 4) is 5.75 Å². The lowest BCUT2D eigenvalue weighted by Gasteiger charge is -2.16. The first-order valence-electron chi connectivity index (χ1n) is 6.54. The predicted molar refractivity (Wildman–Crippen MR) is 89.2 cm³/mol. The monoisotopic (exact) mass is 356 g/mol. The molecule has 0 saturated carbocycles. The third-order valence-corrected chi connectivity index (χ3v) is 6.20. The quantitative estimate of drug-likeness (QED) is 0.584. The van der Waals surface area contributed by atoms with Crippen molar-refractivity contribution in [1.29, 1.82) is 0 Å². The van der Waals surface area contributed by atoms with Gasteiger partial charge in [-0.05, 0) is 17.7 Å². The van der Waals surface area contributed by atoms with E-state index in [9.17, 15) is 18.5 Å². The van der Waals surface area contributed by atoms with E-state index >= 15 is 0 Å². The van der Waals surface area contributed by atoms with E-state index < -0.39 is 14.8 Å². The van der Waals surface area contributed by atoms with E-state index in [0.29, 0.717) is 11.5 Å². The highest BCUT2D eigenvalue weighted by Crippen LogP contribution is 2.39. The molecule has 124 valence electrons. The maximum Gasteiger partial charge on any atom is 0.305 e. The smallest absolute Gasteiger partial charge is 0.305 e. The zero-order chi connectivity index (χ0) is 17.2. The molecule has 0 saturated heterocycles. The molecule has 0 bridgehead atoms. The topological polar surface area (TPSA) is 89.8 Å². The second-order valence-corrected chi connectivity index (χ2v) is 8.26. The normalized spacial score (nSPS) is 11.3. The average Bonchev–Trinajstić information content (AvgIpc) is 2.93. The van der Waals surface area contributed by atoms with E-state index in [4.69, 9.17) is 4.74 Å². The van der Waals surface area contributed by atoms with Crippen molar-refractivity contribution in [1.82, 2.24) is 0 Å². The predicted octanol–water partition coefficient (Wildman–Crippen LogP) is 2.70. The lowest BCUT2D eigenvalue weighted by molar-refractivity contribution is -0.383. The van der Waals surface area contributed by atoms with Gasteiger partial charge in [0.05, 0.1) is 12.0 Å². The maximum absolute atomic E-state index is 11.6. The number of hydrogen-bond donors (Lipinski definition) is 0. The standard InChI is InChI=1S/C14H16N2O5S2/c1-15(9-10-4-6-11(21-2)7-5-10)14-12(16(17)18)8-13(22-14)23(3,19)20/h4-8H,9H2,1-3H3. The van der Waals surface area contributed by atoms with Gasteiger partial charge in [-0.2, -0.15) is 0 Å². The van der Waals surface area contributed by atoms with E-state index in [-0.39, 0.29) is 9.90 Å². The zero-order valence-corrected chi connectivity index (χ0v) is 14.5. The molecule has 0 atom stereocenters. The lowest BCUT2D eigenvalue weighted by atomic mass is 10.2. The molecule has 0 spiro atoms. The Balaban J connectivity index is 2.32. The van der Waals surface area contributed by atoms with Gasteiger partial charge in [-0.1, -0.05) is 23.5 Å². The molecule has 0 aliphatic heterocycles. The summed E-state index contributed by atoms with van der Waals surface area (Å²) in [5, 5.41) is 11.5. The highest BCUT2D eigenvalue weighted by atomic mass is 32.2. The van der Waals surface area contributed by atoms with Crippen LogP contribution in [0.1, 0.15) is 5.56 Å². The molecule has 7 nitrogen and oxygen atoms in total. The van der Waals surface area contributed by atoms with Crippen LogP contribution in [0.4, 0.5) is 10.7 Å². The summed E-state index contributed by atoms with van der Waals surface area (Å²) in [7, 11) is -0.221. The number of nitro groups is 1. The van der Waals surface area contributed by atoms with E-state index in [2.05, 4.69) is 0 Å². The third-order valence-electron chi connectivity index (χ3n) is 3.16. The molecule has 0 amide bonds. The van der Waals surface area contributed by atoms with Gasteiger partial charge in [-0.25, -0.2) is 8.42 Å². The Labute approximate surface area is 138 Å². The van der Waals surface area contributed by atoms with E-state index in [1.165, 1.54) is 0 Å². The molecule has 0 N–H and O–H groups in total. The second-order valence-electron chi connectivity index (χ2n) is 4.99. The lowest BCUT2D eigenvalue weighted by Crippen LogP contribution is -2.16. The molecule has 0 radical (unpaired) electrons. The summed E-state index contributed by atoms with van der Waals surface area (Å²) in [6, 6.07) is 8.42. The van der Waals surface area contributed by atoms with Crippen molar-refractivity contribution in [2.24, 2.45) is 0 Å². The van der Waals surface area contributed by atoms with E-state index in [0.717, 1.165) is 35.0 Å². The summed E-state index contributed by atoms with van der Waals surface area (Å²) >= 11 is 0.901. The summed E-state index contributed by atoms with van der Waals surface area (Å²) in [5.41, 5.74) is 0.725. The molecule has 0 aliphatic rings. The van der Waals surface area contributed by atoms with Gasteiger partial charge in [0.15, 0.2) is 14.8 Å². The number of ether oxygens (including phenoxy) is 1. The average molecular weight is 356 g/mol. The van der Waals surface area contributed by atoms with Gasteiger partial charge in [0.25, 0.3) is 0 Å². The first-order chi connectivity index (χ1) is 10.7. The SMILES string of the molecule is COc1ccc(CN(C)c2sc(S(C)(=O)=O)cc2[N+](=O)[O-])cc1. The molecule has 1 aromatic heterocycles. The van der Waals surface area contributed by atoms with Gasteiger partial charge in [0, 0.05) is 25.9 Å². The number of rotatable bonds is 6. The van der Waals surface area contributed by atoms with E-state index in [1.54, 1.807) is 31.2 Å². The van der Waals surface area contributed by atoms with Crippen LogP contribution < -0.4 is 9.64 Å². The molecular weight excluding hydrogens is 340 g/mol. The van der Waals surface area contributed by atoms with Gasteiger partial charge < -0.3 is 9.64 Å². The van der Waals surface area contributed by atoms with Crippen LogP contribution in [0.15, 0.2) is 34.5 Å². The van der Waals surface area contributed by atoms with Crippen LogP contribution in [-0.2, 0) is 16.4 Å². The fourth-order valence-electron chi connectivity index (χ4n) is 2.01. The molecule has 0 unspecified atom stereocenters. The molecule has 23 heavy (non-hydrogen) atoms. The van der Waals surface area contributed by atoms with Crippen molar-refractivity contribution >= 4 is 31.9 Å². The second kappa shape index (κ2) is 6.55. The minimum atomic E-state index is -3.48. The Bertz CT molecular complexity index is 812. The largest absolute Gasteiger partial charge is 0.497 e. The fourth-order valence-corrected chi connectivity index (χ4v) is 4.00. The highest BCUT2D eigenvalue weighted by Gasteiger charge is 2.26. The minimum Gasteiger partial charge on any atom is -0.497 e. The number of hydrogen-bond acceptors (Lipinski definition) is 7. The Morgan fingerprint density at radius 1 is 1.30 bits per heavy atom. The zero-order valence-electron chi connectivity index (χ0n) is 12.8. The van der Waals surface area contributed by atoms with Gasteiger partial charge in [0.2, 0.25) is 0 Å². The first-order valence-corrected chi connectivity index (χ1v) is 9.25. The Hall–Kier alpha value is -2.13. The maximum atomic E-state index is 11.6. The molecule has 0 fully saturated rings. The Kier molecular flexibility index (Phi) is 4.90. The third kappa shape index (κ3) is 3.99. The molecule has 1 aromatic carbocycles. The fraction of sp³-hybridized carbons (Fsp3) is 0.286. The van der Waals surface area contributed by atoms with Crippen molar-refractivity contribution in [3.63, 3.8) is 0 Å². The van der Waals surface area contributed by atoms with Crippen LogP contribution in [0.3, 0.4) is 0 Å². The molecule has 2 aromatic rings. The Morgan fingerprint density at radius 3 is 2.39 bits per heavy atom. The highest BCUT2D eigenvalue weighted by molar-refractivity contribution is 7.92. The summed E-state index contributed by atoms with van der Waals surface area (Å²) < 4.78 is 28.3. The van der Waals surface area contributed by atoms with Crippen LogP contribution in [-0.4, -0.2) is 33.8 Å². The Morgan fingerprint density at radius 2 is 1.91 bits per heavy atom. The molecule has 9 heteroatoms. The summed E-state index contributed by atoms with van der Waals surface area (Å²) in [4.78, 5) is 12.3. The number of benzene rings is 1. The molecule has 1 heterocycles. The van der Waals surface area contributed by atoms with Crippen molar-refractivity contribution in [2.45, 2.75) is 10.8 Å². The number of methoxy groups -OCH3 is 1. The van der Waals surface area contributed by atoms with Gasteiger partial charge in [0.1, 0.15) is 9.96 Å². The molecular formula is C14H16N2O5S2. The van der Waals surface area contributed by atoms with Crippen LogP contribution >= 0.6 is 11.3 Å². The summed E-state index contributed by atoms with van der Waals surface area (Å²) in [6.45, 7) is 0.411. The van der Waals surface area contributed by atoms with Gasteiger partial charge in [-0.3, -0.25) is 10.1 Å². The minimum absolute atomic E-state index is 0.0132. The molecule has 0 aliphatic carbocycles. The van der Waals surface area contributed by atoms with Crippen LogP contribution in [0.2, 0.25) is 0 Å². The van der Waals surface area contributed by atoms with Gasteiger partial charge in [-0.15, -0.1) is 0 Å². The van der Waals surface area contributed by atoms with Crippen LogP contribution in [0, 0.1) is 10.1 Å². The van der Waals surface area contributed by atoms with Crippen LogP contribution in [0.25, 0.3) is 0 Å². The first kappa shape index (κ1) is 17.2. The van der Waals surface area contributed by atoms with Crippen LogP contribution in [0.5, 0.6) is 5.75 Å². The van der Waals surface area contributed by atoms with Crippen molar-refractivity contribution < 1.29 is 18.1 Å². The van der Waals surface area contributed by atoms with Crippen molar-refractivity contribution in [2.75, 3.05) is 25.3 Å².